The van der Waals surface area contributed by atoms with E-state index < -0.39 is 0 Å². The molecule has 26 heavy (non-hydrogen) atoms. The van der Waals surface area contributed by atoms with Crippen LogP contribution in [0.25, 0.3) is 0 Å². The van der Waals surface area contributed by atoms with Crippen molar-refractivity contribution < 1.29 is 9.53 Å². The fourth-order valence-corrected chi connectivity index (χ4v) is 2.73. The maximum atomic E-state index is 11.8. The number of hydrogen-bond acceptors (Lipinski definition) is 7. The number of hydrogen-bond donors (Lipinski definition) is 2. The molecule has 0 aliphatic carbocycles. The number of carbonyl (C=O) groups excluding carboxylic acids is 1. The van der Waals surface area contributed by atoms with Gasteiger partial charge in [-0.15, -0.1) is 10.2 Å². The number of nitrogen functional groups attached to an aromatic ring is 1. The number of aromatic nitrogens is 2. The molecule has 0 bridgehead atoms. The van der Waals surface area contributed by atoms with E-state index in [4.69, 9.17) is 10.5 Å². The molecule has 8 heteroatoms. The quantitative estimate of drug-likeness (QED) is 0.493. The molecule has 0 saturated carbocycles. The lowest BCUT2D eigenvalue weighted by Crippen LogP contribution is -2.19. The van der Waals surface area contributed by atoms with Crippen LogP contribution in [0.1, 0.15) is 16.1 Å². The molecule has 3 rings (SSSR count). The Hall–Kier alpha value is -3.26. The summed E-state index contributed by atoms with van der Waals surface area (Å²) in [5, 5.41) is 12.3. The zero-order valence-corrected chi connectivity index (χ0v) is 14.6. The number of nitrogens with two attached hydrogens (primary N) is 1. The lowest BCUT2D eigenvalue weighted by Gasteiger charge is -2.06. The molecule has 0 unspecified atom stereocenters. The summed E-state index contributed by atoms with van der Waals surface area (Å²) in [6, 6.07) is 17.4. The van der Waals surface area contributed by atoms with Crippen molar-refractivity contribution in [2.75, 3.05) is 5.73 Å². The monoisotopic (exact) mass is 367 g/mol. The van der Waals surface area contributed by atoms with E-state index in [0.717, 1.165) is 16.9 Å². The highest BCUT2D eigenvalue weighted by Crippen LogP contribution is 2.14. The molecule has 1 amide bonds. The fourth-order valence-electron chi connectivity index (χ4n) is 2.12. The predicted molar refractivity (Wildman–Crippen MR) is 101 cm³/mol. The highest BCUT2D eigenvalue weighted by atomic mass is 32.1. The van der Waals surface area contributed by atoms with Crippen LogP contribution in [0.5, 0.6) is 5.75 Å². The minimum atomic E-state index is -0.283. The second-order valence-electron chi connectivity index (χ2n) is 5.35. The molecule has 132 valence electrons. The zero-order chi connectivity index (χ0) is 18.2. The number of nitrogens with zero attached hydrogens (tertiary/aromatic N) is 3. The smallest absolute Gasteiger partial charge is 0.247 e. The van der Waals surface area contributed by atoms with Gasteiger partial charge in [0.15, 0.2) is 0 Å². The summed E-state index contributed by atoms with van der Waals surface area (Å²) in [6.45, 7) is 0.489. The van der Waals surface area contributed by atoms with E-state index in [1.165, 1.54) is 11.3 Å². The van der Waals surface area contributed by atoms with E-state index in [-0.39, 0.29) is 12.3 Å². The van der Waals surface area contributed by atoms with Gasteiger partial charge in [0.05, 0.1) is 12.6 Å². The van der Waals surface area contributed by atoms with Gasteiger partial charge >= 0.3 is 0 Å². The van der Waals surface area contributed by atoms with Gasteiger partial charge in [-0.25, -0.2) is 5.43 Å². The van der Waals surface area contributed by atoms with E-state index in [9.17, 15) is 4.79 Å². The van der Waals surface area contributed by atoms with E-state index in [1.54, 1.807) is 6.21 Å². The largest absolute Gasteiger partial charge is 0.489 e. The molecule has 2 aromatic carbocycles. The Labute approximate surface area is 154 Å². The number of amides is 1. The number of nitrogens with one attached hydrogen (secondary N) is 1. The van der Waals surface area contributed by atoms with Crippen molar-refractivity contribution >= 4 is 28.6 Å². The van der Waals surface area contributed by atoms with Crippen molar-refractivity contribution in [2.45, 2.75) is 13.0 Å². The zero-order valence-electron chi connectivity index (χ0n) is 13.8. The summed E-state index contributed by atoms with van der Waals surface area (Å²) in [4.78, 5) is 11.8. The third-order valence-corrected chi connectivity index (χ3v) is 4.06. The van der Waals surface area contributed by atoms with Crippen LogP contribution in [0.15, 0.2) is 59.7 Å². The summed E-state index contributed by atoms with van der Waals surface area (Å²) in [7, 11) is 0. The Balaban J connectivity index is 1.51. The van der Waals surface area contributed by atoms with Gasteiger partial charge < -0.3 is 10.5 Å². The first-order valence-electron chi connectivity index (χ1n) is 7.85. The number of carbonyl (C=O) groups is 1. The van der Waals surface area contributed by atoms with E-state index in [2.05, 4.69) is 20.7 Å². The molecule has 1 aromatic heterocycles. The molecular weight excluding hydrogens is 350 g/mol. The van der Waals surface area contributed by atoms with Crippen LogP contribution in [-0.4, -0.2) is 22.3 Å². The number of benzene rings is 2. The van der Waals surface area contributed by atoms with Gasteiger partial charge in [-0.3, -0.25) is 4.79 Å². The maximum absolute atomic E-state index is 11.8. The lowest BCUT2D eigenvalue weighted by atomic mass is 10.2. The molecule has 3 N–H and O–H groups in total. The number of ether oxygens (including phenoxy) is 1. The van der Waals surface area contributed by atoms with Crippen LogP contribution in [0.3, 0.4) is 0 Å². The number of hydrazone groups is 1. The minimum absolute atomic E-state index is 0.0897. The third kappa shape index (κ3) is 5.38. The van der Waals surface area contributed by atoms with Gasteiger partial charge in [-0.2, -0.15) is 5.10 Å². The van der Waals surface area contributed by atoms with Gasteiger partial charge in [0.1, 0.15) is 17.4 Å². The van der Waals surface area contributed by atoms with E-state index in [0.29, 0.717) is 16.7 Å². The van der Waals surface area contributed by atoms with Crippen molar-refractivity contribution in [1.82, 2.24) is 15.6 Å². The molecule has 0 fully saturated rings. The van der Waals surface area contributed by atoms with Crippen molar-refractivity contribution in [2.24, 2.45) is 5.10 Å². The van der Waals surface area contributed by atoms with Crippen molar-refractivity contribution in [1.29, 1.82) is 0 Å². The Bertz CT molecular complexity index is 895. The molecule has 0 atom stereocenters. The molecule has 0 radical (unpaired) electrons. The fraction of sp³-hybridized carbons (Fsp3) is 0.111. The highest BCUT2D eigenvalue weighted by molar-refractivity contribution is 7.15. The first-order valence-corrected chi connectivity index (χ1v) is 8.67. The SMILES string of the molecule is Nc1nnc(CC(=O)N/N=C/c2cccc(OCc3ccccc3)c2)s1. The number of anilines is 1. The first kappa shape index (κ1) is 17.6. The van der Waals surface area contributed by atoms with Crippen LogP contribution in [0, 0.1) is 0 Å². The molecule has 1 heterocycles. The predicted octanol–water partition coefficient (Wildman–Crippen LogP) is 2.39. The first-order chi connectivity index (χ1) is 12.7. The maximum Gasteiger partial charge on any atom is 0.247 e. The van der Waals surface area contributed by atoms with Gasteiger partial charge in [0.25, 0.3) is 0 Å². The summed E-state index contributed by atoms with van der Waals surface area (Å²) >= 11 is 1.18. The van der Waals surface area contributed by atoms with Gasteiger partial charge in [0, 0.05) is 0 Å². The van der Waals surface area contributed by atoms with Crippen LogP contribution in [0.2, 0.25) is 0 Å². The Kier molecular flexibility index (Phi) is 5.89. The van der Waals surface area contributed by atoms with Crippen LogP contribution >= 0.6 is 11.3 Å². The molecule has 0 aliphatic rings. The second-order valence-corrected chi connectivity index (χ2v) is 6.44. The highest BCUT2D eigenvalue weighted by Gasteiger charge is 2.07. The van der Waals surface area contributed by atoms with Crippen molar-refractivity contribution in [3.63, 3.8) is 0 Å². The van der Waals surface area contributed by atoms with E-state index >= 15 is 0 Å². The van der Waals surface area contributed by atoms with Gasteiger partial charge in [-0.1, -0.05) is 53.8 Å². The van der Waals surface area contributed by atoms with E-state index in [1.807, 2.05) is 54.6 Å². The van der Waals surface area contributed by atoms with Crippen LogP contribution in [-0.2, 0) is 17.8 Å². The van der Waals surface area contributed by atoms with Crippen molar-refractivity contribution in [3.8, 4) is 5.75 Å². The van der Waals surface area contributed by atoms with Crippen molar-refractivity contribution in [3.05, 3.63) is 70.7 Å². The molecule has 0 spiro atoms. The average Bonchev–Trinajstić information content (AvgIpc) is 3.06. The summed E-state index contributed by atoms with van der Waals surface area (Å²) in [5.41, 5.74) is 9.84. The van der Waals surface area contributed by atoms with Gasteiger partial charge in [0.2, 0.25) is 11.0 Å². The molecule has 3 aromatic rings. The molecule has 0 saturated heterocycles. The number of rotatable bonds is 7. The Morgan fingerprint density at radius 2 is 2.04 bits per heavy atom. The summed E-state index contributed by atoms with van der Waals surface area (Å²) < 4.78 is 5.77. The van der Waals surface area contributed by atoms with Crippen LogP contribution in [0.4, 0.5) is 5.13 Å². The Morgan fingerprint density at radius 1 is 1.19 bits per heavy atom. The summed E-state index contributed by atoms with van der Waals surface area (Å²) in [6.07, 6.45) is 1.65. The van der Waals surface area contributed by atoms with Gasteiger partial charge in [-0.05, 0) is 23.3 Å². The minimum Gasteiger partial charge on any atom is -0.489 e. The Morgan fingerprint density at radius 3 is 2.81 bits per heavy atom. The normalized spacial score (nSPS) is 10.8. The molecular formula is C18H17N5O2S. The molecule has 0 aliphatic heterocycles. The average molecular weight is 367 g/mol. The lowest BCUT2D eigenvalue weighted by molar-refractivity contribution is -0.120. The summed E-state index contributed by atoms with van der Waals surface area (Å²) in [5.74, 6) is 0.447. The van der Waals surface area contributed by atoms with Crippen LogP contribution < -0.4 is 15.9 Å². The second kappa shape index (κ2) is 8.72. The standard InChI is InChI=1S/C18H17N5O2S/c19-18-23-22-17(26-18)10-16(24)21-20-11-14-7-4-8-15(9-14)25-12-13-5-2-1-3-6-13/h1-9,11H,10,12H2,(H2,19,23)(H,21,24)/b20-11+. The topological polar surface area (TPSA) is 102 Å². The molecule has 7 nitrogen and oxygen atoms in total. The third-order valence-electron chi connectivity index (χ3n) is 3.30.